The maximum atomic E-state index is 11.1. The van der Waals surface area contributed by atoms with Gasteiger partial charge in [-0.2, -0.15) is 0 Å². The zero-order chi connectivity index (χ0) is 38.4. The minimum atomic E-state index is -0.645. The van der Waals surface area contributed by atoms with Crippen LogP contribution in [-0.4, -0.2) is 35.6 Å². The molecule has 3 nitrogen and oxygen atoms in total. The number of hydrogen-bond acceptors (Lipinski definition) is 2. The number of unbranched alkanes of at least 4 members (excludes halogenated alkanes) is 40. The number of rotatable bonds is 48. The van der Waals surface area contributed by atoms with Crippen LogP contribution < -0.4 is 0 Å². The molecule has 0 saturated carbocycles. The predicted molar refractivity (Wildman–Crippen MR) is 239 cm³/mol. The first-order chi connectivity index (χ1) is 26.2. The van der Waals surface area contributed by atoms with Gasteiger partial charge in [0.25, 0.3) is 0 Å². The molecule has 0 aliphatic rings. The molecule has 0 saturated heterocycles. The summed E-state index contributed by atoms with van der Waals surface area (Å²) in [6.45, 7) is 7.90. The minimum absolute atomic E-state index is 0.315. The Bertz CT molecular complexity index is 620. The van der Waals surface area contributed by atoms with Crippen LogP contribution in [-0.2, 0) is 4.79 Å². The van der Waals surface area contributed by atoms with E-state index < -0.39 is 5.97 Å². The molecule has 0 fully saturated rings. The van der Waals surface area contributed by atoms with Crippen molar-refractivity contribution in [2.75, 3.05) is 19.6 Å². The number of hydrogen-bond donors (Lipinski definition) is 1. The quantitative estimate of drug-likeness (QED) is 0.0630. The summed E-state index contributed by atoms with van der Waals surface area (Å²) >= 11 is 0. The van der Waals surface area contributed by atoms with Crippen molar-refractivity contribution < 1.29 is 9.90 Å². The molecular weight excluding hydrogens is 647 g/mol. The van der Waals surface area contributed by atoms with Crippen LogP contribution in [0.3, 0.4) is 0 Å². The van der Waals surface area contributed by atoms with E-state index in [1.54, 1.807) is 0 Å². The van der Waals surface area contributed by atoms with Crippen molar-refractivity contribution in [3.8, 4) is 0 Å². The highest BCUT2D eigenvalue weighted by atomic mass is 16.4. The van der Waals surface area contributed by atoms with Crippen LogP contribution in [0.15, 0.2) is 0 Å². The first-order valence-electron chi connectivity index (χ1n) is 25.1. The summed E-state index contributed by atoms with van der Waals surface area (Å²) in [5, 5.41) is 9.12. The summed E-state index contributed by atoms with van der Waals surface area (Å²) in [4.78, 5) is 13.7. The van der Waals surface area contributed by atoms with Gasteiger partial charge in [-0.05, 0) is 38.9 Å². The van der Waals surface area contributed by atoms with Gasteiger partial charge in [-0.25, -0.2) is 0 Å². The van der Waals surface area contributed by atoms with Crippen molar-refractivity contribution in [2.45, 2.75) is 296 Å². The lowest BCUT2D eigenvalue weighted by molar-refractivity contribution is -0.137. The molecule has 1 N–H and O–H groups in total. The molecule has 0 rings (SSSR count). The Morgan fingerprint density at radius 1 is 0.283 bits per heavy atom. The Hall–Kier alpha value is -0.570. The Labute approximate surface area is 335 Å². The SMILES string of the molecule is CCCCCCCCCCCCCCCCCCCCCCCN(CCCCCCCCCCCCCCCCCCCCCCC)CCCC(=O)O. The summed E-state index contributed by atoms with van der Waals surface area (Å²) in [5.41, 5.74) is 0. The number of aliphatic carboxylic acids is 1. The standard InChI is InChI=1S/C50H101NO2/c1-3-5-7-9-11-13-15-17-19-21-23-25-27-29-31-33-35-37-39-41-43-47-51(49-45-46-50(52)53)48-44-42-40-38-36-34-32-30-28-26-24-22-20-18-16-14-12-10-8-6-4-2/h3-49H2,1-2H3,(H,52,53). The maximum Gasteiger partial charge on any atom is 0.303 e. The molecule has 53 heavy (non-hydrogen) atoms. The molecule has 0 aromatic carbocycles. The fraction of sp³-hybridized carbons (Fsp3) is 0.980. The molecule has 0 aliphatic carbocycles. The van der Waals surface area contributed by atoms with Gasteiger partial charge in [0, 0.05) is 6.42 Å². The molecule has 0 aliphatic heterocycles. The number of carboxylic acids is 1. The van der Waals surface area contributed by atoms with E-state index >= 15 is 0 Å². The van der Waals surface area contributed by atoms with E-state index in [1.807, 2.05) is 0 Å². The largest absolute Gasteiger partial charge is 0.481 e. The second-order valence-electron chi connectivity index (χ2n) is 17.5. The van der Waals surface area contributed by atoms with Gasteiger partial charge < -0.3 is 10.0 Å². The van der Waals surface area contributed by atoms with Crippen LogP contribution in [0.2, 0.25) is 0 Å². The minimum Gasteiger partial charge on any atom is -0.481 e. The Balaban J connectivity index is 3.55. The first-order valence-corrected chi connectivity index (χ1v) is 25.1. The topological polar surface area (TPSA) is 40.5 Å². The fourth-order valence-electron chi connectivity index (χ4n) is 8.32. The highest BCUT2D eigenvalue weighted by Crippen LogP contribution is 2.17. The molecule has 0 bridgehead atoms. The number of nitrogens with zero attached hydrogens (tertiary/aromatic N) is 1. The second-order valence-corrected chi connectivity index (χ2v) is 17.5. The van der Waals surface area contributed by atoms with Gasteiger partial charge in [-0.1, -0.05) is 271 Å². The maximum absolute atomic E-state index is 11.1. The van der Waals surface area contributed by atoms with Crippen LogP contribution >= 0.6 is 0 Å². The van der Waals surface area contributed by atoms with Crippen LogP contribution in [0, 0.1) is 0 Å². The van der Waals surface area contributed by atoms with Crippen LogP contribution in [0.1, 0.15) is 296 Å². The second kappa shape index (κ2) is 47.6. The van der Waals surface area contributed by atoms with E-state index in [9.17, 15) is 4.79 Å². The van der Waals surface area contributed by atoms with E-state index in [0.29, 0.717) is 6.42 Å². The third-order valence-electron chi connectivity index (χ3n) is 12.0. The summed E-state index contributed by atoms with van der Waals surface area (Å²) in [5.74, 6) is -0.645. The lowest BCUT2D eigenvalue weighted by atomic mass is 10.0. The summed E-state index contributed by atoms with van der Waals surface area (Å²) in [6, 6.07) is 0. The fourth-order valence-corrected chi connectivity index (χ4v) is 8.32. The number of carboxylic acid groups (broad SMARTS) is 1. The molecule has 3 heteroatoms. The molecule has 0 spiro atoms. The molecule has 0 amide bonds. The molecular formula is C50H101NO2. The Kier molecular flexibility index (Phi) is 47.1. The highest BCUT2D eigenvalue weighted by Gasteiger charge is 2.07. The van der Waals surface area contributed by atoms with Crippen LogP contribution in [0.5, 0.6) is 0 Å². The third kappa shape index (κ3) is 47.5. The zero-order valence-corrected chi connectivity index (χ0v) is 37.0. The van der Waals surface area contributed by atoms with Gasteiger partial charge in [-0.15, -0.1) is 0 Å². The highest BCUT2D eigenvalue weighted by molar-refractivity contribution is 5.66. The van der Waals surface area contributed by atoms with Gasteiger partial charge in [0.1, 0.15) is 0 Å². The molecule has 0 radical (unpaired) electrons. The summed E-state index contributed by atoms with van der Waals surface area (Å²) in [6.07, 6.45) is 61.1. The molecule has 0 heterocycles. The third-order valence-corrected chi connectivity index (χ3v) is 12.0. The lowest BCUT2D eigenvalue weighted by Gasteiger charge is -2.22. The van der Waals surface area contributed by atoms with Crippen molar-refractivity contribution in [2.24, 2.45) is 0 Å². The normalized spacial score (nSPS) is 11.7. The molecule has 0 atom stereocenters. The van der Waals surface area contributed by atoms with E-state index in [0.717, 1.165) is 26.1 Å². The van der Waals surface area contributed by atoms with Crippen molar-refractivity contribution >= 4 is 5.97 Å². The lowest BCUT2D eigenvalue weighted by Crippen LogP contribution is -2.27. The van der Waals surface area contributed by atoms with Crippen LogP contribution in [0.4, 0.5) is 0 Å². The van der Waals surface area contributed by atoms with Gasteiger partial charge in [0.05, 0.1) is 0 Å². The smallest absolute Gasteiger partial charge is 0.303 e. The predicted octanol–water partition coefficient (Wildman–Crippen LogP) is 17.6. The van der Waals surface area contributed by atoms with Crippen LogP contribution in [0.25, 0.3) is 0 Å². The Morgan fingerprint density at radius 3 is 0.642 bits per heavy atom. The van der Waals surface area contributed by atoms with Crippen molar-refractivity contribution in [3.05, 3.63) is 0 Å². The average molecular weight is 748 g/mol. The van der Waals surface area contributed by atoms with Crippen molar-refractivity contribution in [1.29, 1.82) is 0 Å². The zero-order valence-electron chi connectivity index (χ0n) is 37.0. The Morgan fingerprint density at radius 2 is 0.453 bits per heavy atom. The molecule has 0 aromatic heterocycles. The van der Waals surface area contributed by atoms with E-state index in [1.165, 1.54) is 270 Å². The number of carbonyl (C=O) groups is 1. The monoisotopic (exact) mass is 748 g/mol. The van der Waals surface area contributed by atoms with E-state index in [-0.39, 0.29) is 0 Å². The van der Waals surface area contributed by atoms with Gasteiger partial charge in [0.15, 0.2) is 0 Å². The van der Waals surface area contributed by atoms with Crippen molar-refractivity contribution in [3.63, 3.8) is 0 Å². The average Bonchev–Trinajstić information content (AvgIpc) is 3.15. The van der Waals surface area contributed by atoms with Gasteiger partial charge in [-0.3, -0.25) is 4.79 Å². The van der Waals surface area contributed by atoms with E-state index in [2.05, 4.69) is 18.7 Å². The molecule has 318 valence electrons. The molecule has 0 unspecified atom stereocenters. The van der Waals surface area contributed by atoms with Gasteiger partial charge in [0.2, 0.25) is 0 Å². The van der Waals surface area contributed by atoms with Gasteiger partial charge >= 0.3 is 5.97 Å². The van der Waals surface area contributed by atoms with E-state index in [4.69, 9.17) is 5.11 Å². The first kappa shape index (κ1) is 52.4. The molecule has 0 aromatic rings. The summed E-state index contributed by atoms with van der Waals surface area (Å²) < 4.78 is 0. The summed E-state index contributed by atoms with van der Waals surface area (Å²) in [7, 11) is 0. The van der Waals surface area contributed by atoms with Crippen molar-refractivity contribution in [1.82, 2.24) is 4.90 Å².